The predicted octanol–water partition coefficient (Wildman–Crippen LogP) is 5.93. The van der Waals surface area contributed by atoms with Crippen molar-refractivity contribution in [2.24, 2.45) is 0 Å². The van der Waals surface area contributed by atoms with Crippen molar-refractivity contribution in [2.45, 2.75) is 23.3 Å². The molecule has 0 radical (unpaired) electrons. The molecule has 0 N–H and O–H groups in total. The Balaban J connectivity index is 1.68. The second kappa shape index (κ2) is 7.47. The summed E-state index contributed by atoms with van der Waals surface area (Å²) in [5, 5.41) is 2.17. The third-order valence-corrected chi connectivity index (χ3v) is 5.12. The van der Waals surface area contributed by atoms with Gasteiger partial charge in [-0.05, 0) is 18.2 Å². The van der Waals surface area contributed by atoms with Crippen molar-refractivity contribution < 1.29 is 26.3 Å². The molecule has 0 aliphatic heterocycles. The lowest BCUT2D eigenvalue weighted by molar-refractivity contribution is -0.141. The van der Waals surface area contributed by atoms with Crippen molar-refractivity contribution in [1.29, 1.82) is 0 Å². The van der Waals surface area contributed by atoms with E-state index in [-0.39, 0.29) is 10.9 Å². The number of rotatable bonds is 4. The zero-order chi connectivity index (χ0) is 19.7. The molecular weight excluding hydrogens is 412 g/mol. The van der Waals surface area contributed by atoms with Crippen LogP contribution in [0.5, 0.6) is 0 Å². The smallest absolute Gasteiger partial charge is 0.240 e. The summed E-state index contributed by atoms with van der Waals surface area (Å²) in [6.07, 6.45) is -7.92. The summed E-state index contributed by atoms with van der Waals surface area (Å²) in [5.41, 5.74) is -0.676. The third kappa shape index (κ3) is 4.98. The minimum Gasteiger partial charge on any atom is -0.240 e. The van der Waals surface area contributed by atoms with Crippen LogP contribution in [-0.2, 0) is 18.1 Å². The quantitative estimate of drug-likeness (QED) is 0.297. The van der Waals surface area contributed by atoms with Crippen LogP contribution in [0.15, 0.2) is 47.1 Å². The highest BCUT2D eigenvalue weighted by atomic mass is 32.2. The van der Waals surface area contributed by atoms with Gasteiger partial charge >= 0.3 is 12.4 Å². The molecule has 2 aromatic heterocycles. The van der Waals surface area contributed by atoms with Gasteiger partial charge in [0, 0.05) is 22.9 Å². The molecule has 0 bridgehead atoms. The van der Waals surface area contributed by atoms with Crippen LogP contribution in [0.4, 0.5) is 26.3 Å². The molecule has 142 valence electrons. The third-order valence-electron chi connectivity index (χ3n) is 3.28. The molecule has 11 heteroatoms. The standard InChI is InChI=1S/C16H9F6N3S2/c17-15(18,19)10-3-1-9(2-4-10)13-24-11(7-26-13)8-27-14-23-6-5-12(25-14)16(20,21)22/h1-7H,8H2. The van der Waals surface area contributed by atoms with E-state index in [9.17, 15) is 26.3 Å². The molecule has 1 aromatic carbocycles. The van der Waals surface area contributed by atoms with Gasteiger partial charge in [0.1, 0.15) is 10.7 Å². The van der Waals surface area contributed by atoms with Crippen LogP contribution in [0, 0.1) is 0 Å². The average Bonchev–Trinajstić information content (AvgIpc) is 3.08. The van der Waals surface area contributed by atoms with E-state index in [4.69, 9.17) is 0 Å². The van der Waals surface area contributed by atoms with E-state index in [0.717, 1.165) is 36.2 Å². The highest BCUT2D eigenvalue weighted by molar-refractivity contribution is 7.98. The molecule has 0 fully saturated rings. The first-order chi connectivity index (χ1) is 12.6. The minimum atomic E-state index is -4.55. The number of halogens is 6. The number of aromatic nitrogens is 3. The van der Waals surface area contributed by atoms with Gasteiger partial charge in [0.05, 0.1) is 11.3 Å². The summed E-state index contributed by atoms with van der Waals surface area (Å²) < 4.78 is 75.7. The van der Waals surface area contributed by atoms with E-state index in [2.05, 4.69) is 15.0 Å². The topological polar surface area (TPSA) is 38.7 Å². The minimum absolute atomic E-state index is 0.0334. The molecule has 0 saturated heterocycles. The lowest BCUT2D eigenvalue weighted by atomic mass is 10.1. The molecule has 27 heavy (non-hydrogen) atoms. The first-order valence-corrected chi connectivity index (χ1v) is 9.14. The number of thiazole rings is 1. The number of hydrogen-bond donors (Lipinski definition) is 0. The fraction of sp³-hybridized carbons (Fsp3) is 0.188. The number of alkyl halides is 6. The monoisotopic (exact) mass is 421 g/mol. The molecular formula is C16H9F6N3S2. The fourth-order valence-corrected chi connectivity index (χ4v) is 3.67. The van der Waals surface area contributed by atoms with Crippen molar-refractivity contribution >= 4 is 23.1 Å². The van der Waals surface area contributed by atoms with Crippen LogP contribution in [0.3, 0.4) is 0 Å². The zero-order valence-corrected chi connectivity index (χ0v) is 14.8. The number of benzene rings is 1. The number of nitrogens with zero attached hydrogens (tertiary/aromatic N) is 3. The lowest BCUT2D eigenvalue weighted by Gasteiger charge is -2.06. The van der Waals surface area contributed by atoms with Gasteiger partial charge in [-0.15, -0.1) is 11.3 Å². The molecule has 3 nitrogen and oxygen atoms in total. The predicted molar refractivity (Wildman–Crippen MR) is 89.1 cm³/mol. The van der Waals surface area contributed by atoms with Crippen LogP contribution < -0.4 is 0 Å². The van der Waals surface area contributed by atoms with Crippen molar-refractivity contribution in [1.82, 2.24) is 15.0 Å². The average molecular weight is 421 g/mol. The number of hydrogen-bond acceptors (Lipinski definition) is 5. The summed E-state index contributed by atoms with van der Waals surface area (Å²) in [4.78, 5) is 11.5. The zero-order valence-electron chi connectivity index (χ0n) is 13.2. The SMILES string of the molecule is FC(F)(F)c1ccc(-c2nc(CSc3nccc(C(F)(F)F)n3)cs2)cc1. The molecule has 0 spiro atoms. The van der Waals surface area contributed by atoms with E-state index in [1.165, 1.54) is 23.5 Å². The summed E-state index contributed by atoms with van der Waals surface area (Å²) >= 11 is 2.22. The van der Waals surface area contributed by atoms with E-state index in [1.54, 1.807) is 5.38 Å². The Bertz CT molecular complexity index is 919. The van der Waals surface area contributed by atoms with Crippen LogP contribution >= 0.6 is 23.1 Å². The molecule has 0 saturated carbocycles. The van der Waals surface area contributed by atoms with Crippen molar-refractivity contribution in [2.75, 3.05) is 0 Å². The first-order valence-electron chi connectivity index (χ1n) is 7.28. The fourth-order valence-electron chi connectivity index (χ4n) is 2.01. The van der Waals surface area contributed by atoms with Gasteiger partial charge < -0.3 is 0 Å². The Morgan fingerprint density at radius 2 is 1.59 bits per heavy atom. The Kier molecular flexibility index (Phi) is 5.43. The van der Waals surface area contributed by atoms with Crippen molar-refractivity contribution in [3.05, 3.63) is 58.9 Å². The highest BCUT2D eigenvalue weighted by Gasteiger charge is 2.33. The Labute approximate surface area is 157 Å². The molecule has 3 rings (SSSR count). The Hall–Kier alpha value is -2.14. The largest absolute Gasteiger partial charge is 0.433 e. The molecule has 0 aliphatic carbocycles. The Morgan fingerprint density at radius 1 is 0.889 bits per heavy atom. The lowest BCUT2D eigenvalue weighted by Crippen LogP contribution is -2.08. The maximum atomic E-state index is 12.6. The summed E-state index contributed by atoms with van der Waals surface area (Å²) in [6, 6.07) is 5.39. The molecule has 0 unspecified atom stereocenters. The summed E-state index contributed by atoms with van der Waals surface area (Å²) in [5.74, 6) is 0.235. The second-order valence-electron chi connectivity index (χ2n) is 5.23. The normalized spacial score (nSPS) is 12.4. The maximum absolute atomic E-state index is 12.6. The van der Waals surface area contributed by atoms with Gasteiger partial charge in [-0.2, -0.15) is 26.3 Å². The van der Waals surface area contributed by atoms with Crippen LogP contribution in [0.1, 0.15) is 17.0 Å². The van der Waals surface area contributed by atoms with E-state index < -0.39 is 23.6 Å². The molecule has 0 aliphatic rings. The van der Waals surface area contributed by atoms with E-state index in [0.29, 0.717) is 16.3 Å². The van der Waals surface area contributed by atoms with E-state index >= 15 is 0 Å². The van der Waals surface area contributed by atoms with E-state index in [1.807, 2.05) is 0 Å². The van der Waals surface area contributed by atoms with Gasteiger partial charge in [0.2, 0.25) is 0 Å². The molecule has 0 atom stereocenters. The van der Waals surface area contributed by atoms with Crippen molar-refractivity contribution in [3.63, 3.8) is 0 Å². The van der Waals surface area contributed by atoms with Crippen molar-refractivity contribution in [3.8, 4) is 10.6 Å². The van der Waals surface area contributed by atoms with Crippen LogP contribution in [-0.4, -0.2) is 15.0 Å². The number of thioether (sulfide) groups is 1. The molecule has 0 amide bonds. The van der Waals surface area contributed by atoms with Crippen LogP contribution in [0.2, 0.25) is 0 Å². The summed E-state index contributed by atoms with van der Waals surface area (Å²) in [7, 11) is 0. The Morgan fingerprint density at radius 3 is 2.22 bits per heavy atom. The van der Waals surface area contributed by atoms with Gasteiger partial charge in [-0.1, -0.05) is 23.9 Å². The van der Waals surface area contributed by atoms with Gasteiger partial charge in [0.15, 0.2) is 5.16 Å². The highest BCUT2D eigenvalue weighted by Crippen LogP contribution is 2.33. The first kappa shape index (κ1) is 19.6. The molecule has 3 aromatic rings. The molecule has 2 heterocycles. The van der Waals surface area contributed by atoms with Gasteiger partial charge in [-0.3, -0.25) is 0 Å². The van der Waals surface area contributed by atoms with Gasteiger partial charge in [-0.25, -0.2) is 15.0 Å². The van der Waals surface area contributed by atoms with Crippen LogP contribution in [0.25, 0.3) is 10.6 Å². The summed E-state index contributed by atoms with van der Waals surface area (Å²) in [6.45, 7) is 0. The maximum Gasteiger partial charge on any atom is 0.433 e. The van der Waals surface area contributed by atoms with Gasteiger partial charge in [0.25, 0.3) is 0 Å². The second-order valence-corrected chi connectivity index (χ2v) is 7.03.